The van der Waals surface area contributed by atoms with Crippen LogP contribution in [0.15, 0.2) is 22.7 Å². The fourth-order valence-electron chi connectivity index (χ4n) is 5.29. The lowest BCUT2D eigenvalue weighted by atomic mass is 9.61. The molecule has 0 aromatic carbocycles. The highest BCUT2D eigenvalue weighted by atomic mass is 19.4. The van der Waals surface area contributed by atoms with Gasteiger partial charge >= 0.3 is 12.4 Å². The van der Waals surface area contributed by atoms with E-state index in [-0.39, 0.29) is 23.8 Å². The third-order valence-electron chi connectivity index (χ3n) is 7.08. The van der Waals surface area contributed by atoms with Crippen molar-refractivity contribution in [3.05, 3.63) is 29.6 Å². The average Bonchev–Trinajstić information content (AvgIpc) is 3.48. The zero-order valence-corrected chi connectivity index (χ0v) is 19.6. The Morgan fingerprint density at radius 3 is 2.50 bits per heavy atom. The molecule has 5 rings (SSSR count). The number of fused-ring (bicyclic) bond motifs is 2. The van der Waals surface area contributed by atoms with E-state index < -0.39 is 35.5 Å². The second kappa shape index (κ2) is 8.44. The lowest BCUT2D eigenvalue weighted by molar-refractivity contribution is -0.189. The Hall–Kier alpha value is -3.19. The minimum atomic E-state index is -4.80. The summed E-state index contributed by atoms with van der Waals surface area (Å²) in [6.07, 6.45) is -10.9. The van der Waals surface area contributed by atoms with Gasteiger partial charge in [0.1, 0.15) is 5.69 Å². The van der Waals surface area contributed by atoms with Gasteiger partial charge in [-0.25, -0.2) is 4.52 Å². The van der Waals surface area contributed by atoms with Gasteiger partial charge in [-0.3, -0.25) is 0 Å². The van der Waals surface area contributed by atoms with Crippen LogP contribution in [-0.4, -0.2) is 51.2 Å². The molecule has 0 radical (unpaired) electrons. The van der Waals surface area contributed by atoms with E-state index in [0.717, 1.165) is 31.6 Å². The Labute approximate surface area is 201 Å². The number of aromatic nitrogens is 4. The summed E-state index contributed by atoms with van der Waals surface area (Å²) in [5.74, 6) is 0.823. The van der Waals surface area contributed by atoms with Gasteiger partial charge in [-0.1, -0.05) is 18.5 Å². The molecule has 3 aromatic rings. The van der Waals surface area contributed by atoms with Crippen LogP contribution in [0.5, 0.6) is 5.75 Å². The zero-order valence-electron chi connectivity index (χ0n) is 19.6. The van der Waals surface area contributed by atoms with Crippen molar-refractivity contribution in [2.24, 2.45) is 17.8 Å². The van der Waals surface area contributed by atoms with Gasteiger partial charge in [0.25, 0.3) is 0 Å². The molecule has 2 aliphatic rings. The summed E-state index contributed by atoms with van der Waals surface area (Å²) in [5.41, 5.74) is -0.855. The van der Waals surface area contributed by atoms with Crippen LogP contribution in [-0.2, 0) is 6.18 Å². The number of pyridine rings is 1. The van der Waals surface area contributed by atoms with E-state index in [1.807, 2.05) is 19.9 Å². The average molecular weight is 518 g/mol. The van der Waals surface area contributed by atoms with Gasteiger partial charge in [-0.2, -0.15) is 31.3 Å². The molecule has 14 heteroatoms. The first kappa shape index (κ1) is 24.5. The second-order valence-corrected chi connectivity index (χ2v) is 9.33. The van der Waals surface area contributed by atoms with Gasteiger partial charge in [0.2, 0.25) is 11.8 Å². The predicted octanol–water partition coefficient (Wildman–Crippen LogP) is 4.95. The van der Waals surface area contributed by atoms with Gasteiger partial charge < -0.3 is 19.5 Å². The highest BCUT2D eigenvalue weighted by Gasteiger charge is 2.54. The summed E-state index contributed by atoms with van der Waals surface area (Å²) in [6, 6.07) is 3.19. The molecule has 2 fully saturated rings. The fourth-order valence-corrected chi connectivity index (χ4v) is 5.29. The Morgan fingerprint density at radius 2 is 1.89 bits per heavy atom. The Morgan fingerprint density at radius 1 is 1.17 bits per heavy atom. The molecule has 2 unspecified atom stereocenters. The Balaban J connectivity index is 1.43. The van der Waals surface area contributed by atoms with Crippen molar-refractivity contribution >= 4 is 17.5 Å². The van der Waals surface area contributed by atoms with E-state index in [4.69, 9.17) is 9.26 Å². The molecular weight excluding hydrogens is 494 g/mol. The van der Waals surface area contributed by atoms with Crippen molar-refractivity contribution in [1.29, 1.82) is 0 Å². The third kappa shape index (κ3) is 4.19. The van der Waals surface area contributed by atoms with Crippen molar-refractivity contribution in [2.75, 3.05) is 23.3 Å². The maximum Gasteiger partial charge on any atom is 0.433 e. The van der Waals surface area contributed by atoms with Crippen molar-refractivity contribution in [3.8, 4) is 5.75 Å². The minimum Gasteiger partial charge on any atom is -0.477 e. The number of halogens is 6. The van der Waals surface area contributed by atoms with Crippen LogP contribution in [0.2, 0.25) is 0 Å². The molecular formula is C22H24F6N6O2. The van der Waals surface area contributed by atoms with E-state index in [9.17, 15) is 26.3 Å². The highest BCUT2D eigenvalue weighted by molar-refractivity contribution is 5.57. The van der Waals surface area contributed by atoms with Gasteiger partial charge in [-0.05, 0) is 37.8 Å². The predicted molar refractivity (Wildman–Crippen MR) is 116 cm³/mol. The smallest absolute Gasteiger partial charge is 0.433 e. The molecule has 1 aliphatic carbocycles. The van der Waals surface area contributed by atoms with Crippen molar-refractivity contribution < 1.29 is 35.6 Å². The van der Waals surface area contributed by atoms with E-state index in [1.54, 1.807) is 0 Å². The van der Waals surface area contributed by atoms with Crippen LogP contribution in [0.25, 0.3) is 5.65 Å². The van der Waals surface area contributed by atoms with Crippen LogP contribution in [0.4, 0.5) is 38.2 Å². The van der Waals surface area contributed by atoms with E-state index in [1.165, 1.54) is 0 Å². The third-order valence-corrected chi connectivity index (χ3v) is 7.08. The topological polar surface area (TPSA) is 80.7 Å². The largest absolute Gasteiger partial charge is 0.477 e. The first-order valence-corrected chi connectivity index (χ1v) is 11.5. The van der Waals surface area contributed by atoms with E-state index in [0.29, 0.717) is 28.9 Å². The summed E-state index contributed by atoms with van der Waals surface area (Å²) in [4.78, 5) is 6.20. The van der Waals surface area contributed by atoms with Crippen LogP contribution in [0.3, 0.4) is 0 Å². The number of hydrogen-bond donors (Lipinski definition) is 1. The molecule has 1 N–H and O–H groups in total. The molecule has 4 heterocycles. The minimum absolute atomic E-state index is 0.105. The number of alkyl halides is 6. The SMILES string of the molecule is CC[C@@H]1C2CN(c3cc(C)no3)C[C@H]2[C@@H]1Nc1nc2c(OC(C)C(F)(F)F)ccc(C(F)(F)F)n2n1. The Bertz CT molecular complexity index is 1250. The van der Waals surface area contributed by atoms with Gasteiger partial charge in [0, 0.05) is 31.1 Å². The number of hydrogen-bond acceptors (Lipinski definition) is 7. The summed E-state index contributed by atoms with van der Waals surface area (Å²) >= 11 is 0. The van der Waals surface area contributed by atoms with Gasteiger partial charge in [0.15, 0.2) is 17.5 Å². The lowest BCUT2D eigenvalue weighted by Crippen LogP contribution is -2.54. The van der Waals surface area contributed by atoms with Gasteiger partial charge in [-0.15, -0.1) is 5.10 Å². The molecule has 36 heavy (non-hydrogen) atoms. The van der Waals surface area contributed by atoms with Crippen LogP contribution in [0.1, 0.15) is 31.7 Å². The highest BCUT2D eigenvalue weighted by Crippen LogP contribution is 2.49. The molecule has 1 saturated carbocycles. The zero-order chi connectivity index (χ0) is 26.0. The number of ether oxygens (including phenoxy) is 1. The molecule has 1 saturated heterocycles. The van der Waals surface area contributed by atoms with E-state index in [2.05, 4.69) is 25.5 Å². The second-order valence-electron chi connectivity index (χ2n) is 9.33. The first-order valence-electron chi connectivity index (χ1n) is 11.5. The maximum atomic E-state index is 13.6. The molecule has 8 nitrogen and oxygen atoms in total. The van der Waals surface area contributed by atoms with Crippen LogP contribution in [0, 0.1) is 24.7 Å². The number of aryl methyl sites for hydroxylation is 1. The molecule has 3 aromatic heterocycles. The molecule has 0 bridgehead atoms. The number of rotatable bonds is 6. The van der Waals surface area contributed by atoms with Crippen molar-refractivity contribution in [3.63, 3.8) is 0 Å². The molecule has 0 spiro atoms. The lowest BCUT2D eigenvalue weighted by Gasteiger charge is -2.47. The number of nitrogens with one attached hydrogen (secondary N) is 1. The van der Waals surface area contributed by atoms with E-state index >= 15 is 0 Å². The number of anilines is 2. The molecule has 0 amide bonds. The van der Waals surface area contributed by atoms with Crippen LogP contribution >= 0.6 is 0 Å². The van der Waals surface area contributed by atoms with Crippen LogP contribution < -0.4 is 15.0 Å². The molecule has 196 valence electrons. The standard InChI is InChI=1S/C22H24F6N6O2/c1-4-12-13-8-33(17-7-10(2)32-36-17)9-14(13)18(12)29-20-30-19-15(35-11(3)21(23,24)25)5-6-16(22(26,27)28)34(19)31-20/h5-7,11-14,18H,4,8-9H2,1-3H3,(H,29,31)/t11?,12-,13?,14-,18-/m1/s1. The monoisotopic (exact) mass is 518 g/mol. The normalized spacial score (nSPS) is 25.1. The summed E-state index contributed by atoms with van der Waals surface area (Å²) in [5, 5.41) is 11.0. The Kier molecular flexibility index (Phi) is 5.75. The summed E-state index contributed by atoms with van der Waals surface area (Å²) in [7, 11) is 0. The van der Waals surface area contributed by atoms with Crippen molar-refractivity contribution in [2.45, 2.75) is 51.7 Å². The first-order chi connectivity index (χ1) is 16.9. The molecule has 5 atom stereocenters. The van der Waals surface area contributed by atoms with Crippen molar-refractivity contribution in [1.82, 2.24) is 19.8 Å². The summed E-state index contributed by atoms with van der Waals surface area (Å²) < 4.78 is 90.7. The fraction of sp³-hybridized carbons (Fsp3) is 0.591. The molecule has 1 aliphatic heterocycles. The maximum absolute atomic E-state index is 13.6. The number of nitrogens with zero attached hydrogens (tertiary/aromatic N) is 5. The summed E-state index contributed by atoms with van der Waals surface area (Å²) in [6.45, 7) is 6.05. The van der Waals surface area contributed by atoms with Gasteiger partial charge in [0.05, 0.1) is 5.69 Å². The quantitative estimate of drug-likeness (QED) is 0.463.